The van der Waals surface area contributed by atoms with Gasteiger partial charge >= 0.3 is 0 Å². The van der Waals surface area contributed by atoms with E-state index in [0.29, 0.717) is 17.1 Å². The van der Waals surface area contributed by atoms with Crippen LogP contribution in [0.3, 0.4) is 0 Å². The highest BCUT2D eigenvalue weighted by Gasteiger charge is 2.42. The summed E-state index contributed by atoms with van der Waals surface area (Å²) in [7, 11) is 0. The number of amidine groups is 1. The van der Waals surface area contributed by atoms with Gasteiger partial charge < -0.3 is 0 Å². The Labute approximate surface area is 219 Å². The lowest BCUT2D eigenvalue weighted by Gasteiger charge is -2.24. The van der Waals surface area contributed by atoms with Crippen LogP contribution in [0, 0.1) is 19.3 Å². The van der Waals surface area contributed by atoms with Crippen LogP contribution in [-0.4, -0.2) is 33.0 Å². The van der Waals surface area contributed by atoms with Crippen LogP contribution in [0.1, 0.15) is 41.1 Å². The lowest BCUT2D eigenvalue weighted by Crippen LogP contribution is -2.32. The molecule has 0 aromatic heterocycles. The van der Waals surface area contributed by atoms with Crippen LogP contribution >= 0.6 is 23.4 Å². The minimum atomic E-state index is -0.671. The first-order valence-corrected chi connectivity index (χ1v) is 12.9. The van der Waals surface area contributed by atoms with E-state index in [4.69, 9.17) is 22.1 Å². The summed E-state index contributed by atoms with van der Waals surface area (Å²) < 4.78 is 0. The molecule has 5 rings (SSSR count). The van der Waals surface area contributed by atoms with Gasteiger partial charge in [0.15, 0.2) is 5.17 Å². The number of carbonyl (C=O) groups is 2. The van der Waals surface area contributed by atoms with Gasteiger partial charge in [0.05, 0.1) is 17.4 Å². The van der Waals surface area contributed by atoms with Crippen LogP contribution in [0.15, 0.2) is 77.9 Å². The zero-order valence-electron chi connectivity index (χ0n) is 19.9. The maximum Gasteiger partial charge on any atom is 0.247 e. The van der Waals surface area contributed by atoms with Crippen LogP contribution in [0.4, 0.5) is 5.69 Å². The van der Waals surface area contributed by atoms with Crippen molar-refractivity contribution in [2.45, 2.75) is 38.0 Å². The van der Waals surface area contributed by atoms with Crippen LogP contribution in [0.25, 0.3) is 0 Å². The zero-order valence-corrected chi connectivity index (χ0v) is 21.5. The molecule has 2 aliphatic rings. The van der Waals surface area contributed by atoms with Crippen LogP contribution in [0.2, 0.25) is 5.02 Å². The smallest absolute Gasteiger partial charge is 0.247 e. The molecule has 2 heterocycles. The number of anilines is 1. The van der Waals surface area contributed by atoms with Gasteiger partial charge in [-0.3, -0.25) is 15.0 Å². The second kappa shape index (κ2) is 9.91. The fourth-order valence-electron chi connectivity index (χ4n) is 4.49. The second-order valence-corrected chi connectivity index (χ2v) is 10.7. The van der Waals surface area contributed by atoms with E-state index < -0.39 is 5.25 Å². The minimum absolute atomic E-state index is 0.0494. The third-order valence-corrected chi connectivity index (χ3v) is 7.69. The number of hydrogen-bond donors (Lipinski definition) is 1. The quantitative estimate of drug-likeness (QED) is 0.258. The molecule has 3 aromatic rings. The highest BCUT2D eigenvalue weighted by molar-refractivity contribution is 8.14. The summed E-state index contributed by atoms with van der Waals surface area (Å²) in [5, 5.41) is 15.5. The molecule has 6 nitrogen and oxygen atoms in total. The van der Waals surface area contributed by atoms with Gasteiger partial charge in [-0.25, -0.2) is 9.91 Å². The number of thioether (sulfide) groups is 1. The number of aryl methyl sites for hydroxylation is 2. The topological polar surface area (TPSA) is 76.8 Å². The largest absolute Gasteiger partial charge is 0.277 e. The molecule has 0 unspecified atom stereocenters. The average Bonchev–Trinajstić information content (AvgIpc) is 3.41. The van der Waals surface area contributed by atoms with Crippen LogP contribution < -0.4 is 4.90 Å². The molecule has 0 saturated carbocycles. The summed E-state index contributed by atoms with van der Waals surface area (Å²) in [6, 6.07) is 22.8. The van der Waals surface area contributed by atoms with Crippen LogP contribution in [-0.2, 0) is 9.59 Å². The number of amides is 2. The molecular formula is C28H25ClN4O2S. The van der Waals surface area contributed by atoms with Gasteiger partial charge in [0.25, 0.3) is 0 Å². The summed E-state index contributed by atoms with van der Waals surface area (Å²) in [5.41, 5.74) is 5.55. The maximum absolute atomic E-state index is 13.2. The van der Waals surface area contributed by atoms with Crippen molar-refractivity contribution in [2.24, 2.45) is 5.10 Å². The lowest BCUT2D eigenvalue weighted by atomic mass is 9.98. The van der Waals surface area contributed by atoms with E-state index >= 15 is 0 Å². The van der Waals surface area contributed by atoms with Gasteiger partial charge in [-0.1, -0.05) is 77.5 Å². The van der Waals surface area contributed by atoms with Crippen molar-refractivity contribution >= 4 is 51.7 Å². The molecule has 182 valence electrons. The number of benzene rings is 3. The van der Waals surface area contributed by atoms with Gasteiger partial charge in [-0.05, 0) is 54.8 Å². The molecule has 2 atom stereocenters. The molecular weight excluding hydrogens is 492 g/mol. The molecule has 0 bridgehead atoms. The Morgan fingerprint density at radius 3 is 2.39 bits per heavy atom. The van der Waals surface area contributed by atoms with Gasteiger partial charge in [0.2, 0.25) is 11.8 Å². The number of carbonyl (C=O) groups excluding carboxylic acids is 2. The first kappa shape index (κ1) is 24.3. The Morgan fingerprint density at radius 2 is 1.69 bits per heavy atom. The lowest BCUT2D eigenvalue weighted by molar-refractivity contribution is -0.121. The number of nitrogens with zero attached hydrogens (tertiary/aromatic N) is 3. The predicted molar refractivity (Wildman–Crippen MR) is 146 cm³/mol. The molecule has 2 amide bonds. The van der Waals surface area contributed by atoms with Crippen molar-refractivity contribution in [1.29, 1.82) is 5.41 Å². The summed E-state index contributed by atoms with van der Waals surface area (Å²) in [6.07, 6.45) is 0.661. The minimum Gasteiger partial charge on any atom is -0.277 e. The average molecular weight is 517 g/mol. The maximum atomic E-state index is 13.2. The molecule has 0 spiro atoms. The van der Waals surface area contributed by atoms with Crippen molar-refractivity contribution in [3.8, 4) is 0 Å². The third-order valence-electron chi connectivity index (χ3n) is 6.38. The number of imide groups is 1. The summed E-state index contributed by atoms with van der Waals surface area (Å²) in [5.74, 6) is -0.555. The van der Waals surface area contributed by atoms with Crippen molar-refractivity contribution < 1.29 is 9.59 Å². The first-order chi connectivity index (χ1) is 17.3. The zero-order chi connectivity index (χ0) is 25.4. The number of halogens is 1. The standard InChI is InChI=1S/C28H25ClN4O2S/c1-17-6-8-19(9-7-17)23-15-24(20-10-12-21(29)13-11-20)33(31-23)28(30)36-25-16-26(34)32(27(25)35)22-5-3-4-18(2)14-22/h3-14,24-25,30H,15-16H2,1-2H3/t24-,25+/m1/s1. The monoisotopic (exact) mass is 516 g/mol. The van der Waals surface area contributed by atoms with E-state index in [1.807, 2.05) is 80.6 Å². The Bertz CT molecular complexity index is 1370. The van der Waals surface area contributed by atoms with Gasteiger partial charge in [0.1, 0.15) is 5.25 Å². The molecule has 3 aromatic carbocycles. The molecule has 8 heteroatoms. The van der Waals surface area contributed by atoms with Gasteiger partial charge in [0, 0.05) is 17.9 Å². The fraction of sp³-hybridized carbons (Fsp3) is 0.214. The molecule has 1 N–H and O–H groups in total. The SMILES string of the molecule is Cc1ccc(C2=NN(C(=N)S[C@H]3CC(=O)N(c4cccc(C)c4)C3=O)[C@@H](c3ccc(Cl)cc3)C2)cc1. The molecule has 2 aliphatic heterocycles. The van der Waals surface area contributed by atoms with Crippen molar-refractivity contribution in [3.05, 3.63) is 100 Å². The van der Waals surface area contributed by atoms with E-state index in [-0.39, 0.29) is 29.4 Å². The van der Waals surface area contributed by atoms with E-state index in [2.05, 4.69) is 0 Å². The van der Waals surface area contributed by atoms with E-state index in [0.717, 1.165) is 39.7 Å². The first-order valence-electron chi connectivity index (χ1n) is 11.7. The Kier molecular flexibility index (Phi) is 6.69. The number of nitrogens with one attached hydrogen (secondary N) is 1. The van der Waals surface area contributed by atoms with Crippen LogP contribution in [0.5, 0.6) is 0 Å². The number of rotatable bonds is 4. The van der Waals surface area contributed by atoms with E-state index in [9.17, 15) is 9.59 Å². The van der Waals surface area contributed by atoms with Crippen molar-refractivity contribution in [2.75, 3.05) is 4.90 Å². The highest BCUT2D eigenvalue weighted by Crippen LogP contribution is 2.38. The molecule has 0 radical (unpaired) electrons. The second-order valence-electron chi connectivity index (χ2n) is 9.05. The van der Waals surface area contributed by atoms with E-state index in [1.165, 1.54) is 4.90 Å². The molecule has 1 fully saturated rings. The fourth-order valence-corrected chi connectivity index (χ4v) is 5.59. The molecule has 36 heavy (non-hydrogen) atoms. The predicted octanol–water partition coefficient (Wildman–Crippen LogP) is 6.11. The number of hydrazone groups is 1. The van der Waals surface area contributed by atoms with Gasteiger partial charge in [-0.15, -0.1) is 0 Å². The summed E-state index contributed by atoms with van der Waals surface area (Å²) in [6.45, 7) is 3.96. The summed E-state index contributed by atoms with van der Waals surface area (Å²) in [4.78, 5) is 27.2. The number of hydrogen-bond acceptors (Lipinski definition) is 5. The Morgan fingerprint density at radius 1 is 0.972 bits per heavy atom. The van der Waals surface area contributed by atoms with E-state index in [1.54, 1.807) is 11.1 Å². The highest BCUT2D eigenvalue weighted by atomic mass is 35.5. The molecule has 1 saturated heterocycles. The Hall–Kier alpha value is -3.42. The van der Waals surface area contributed by atoms with Crippen molar-refractivity contribution in [3.63, 3.8) is 0 Å². The third kappa shape index (κ3) is 4.81. The Balaban J connectivity index is 1.40. The van der Waals surface area contributed by atoms with Crippen molar-refractivity contribution in [1.82, 2.24) is 5.01 Å². The van der Waals surface area contributed by atoms with Gasteiger partial charge in [-0.2, -0.15) is 5.10 Å². The summed E-state index contributed by atoms with van der Waals surface area (Å²) >= 11 is 7.20. The normalized spacial score (nSPS) is 19.7. The molecule has 0 aliphatic carbocycles.